The Hall–Kier alpha value is 0.0500. The lowest BCUT2D eigenvalue weighted by atomic mass is 10.0. The monoisotopic (exact) mass is 174 g/mol. The Morgan fingerprint density at radius 3 is 2.36 bits per heavy atom. The number of rotatable bonds is 1. The van der Waals surface area contributed by atoms with Crippen LogP contribution in [0.1, 0.15) is 20.8 Å². The molecule has 1 heterocycles. The largest absolute Gasteiger partial charge is 0.395 e. The fourth-order valence-corrected chi connectivity index (χ4v) is 2.25. The zero-order valence-corrected chi connectivity index (χ0v) is 8.45. The summed E-state index contributed by atoms with van der Waals surface area (Å²) in [5.41, 5.74) is 1.21. The second-order valence-corrected chi connectivity index (χ2v) is 3.72. The summed E-state index contributed by atoms with van der Waals surface area (Å²) in [4.78, 5) is 0. The fraction of sp³-hybridized carbons (Fsp3) is 0.778. The molecule has 1 rings (SSSR count). The van der Waals surface area contributed by atoms with E-state index in [0.29, 0.717) is 11.2 Å². The third-order valence-corrected chi connectivity index (χ3v) is 3.31. The molecule has 0 bridgehead atoms. The van der Waals surface area contributed by atoms with Gasteiger partial charge < -0.3 is 5.11 Å². The van der Waals surface area contributed by atoms with Gasteiger partial charge in [0.2, 0.25) is 0 Å². The second kappa shape index (κ2) is 5.67. The van der Waals surface area contributed by atoms with Crippen LogP contribution in [0.2, 0.25) is 0 Å². The van der Waals surface area contributed by atoms with Gasteiger partial charge in [-0.25, -0.2) is 0 Å². The van der Waals surface area contributed by atoms with Crippen molar-refractivity contribution in [1.82, 2.24) is 0 Å². The van der Waals surface area contributed by atoms with Crippen molar-refractivity contribution >= 4 is 11.8 Å². The normalized spacial score (nSPS) is 29.6. The van der Waals surface area contributed by atoms with Crippen molar-refractivity contribution in [1.29, 1.82) is 0 Å². The van der Waals surface area contributed by atoms with Crippen LogP contribution >= 0.6 is 11.8 Å². The van der Waals surface area contributed by atoms with Gasteiger partial charge in [0.15, 0.2) is 0 Å². The molecule has 0 spiro atoms. The van der Waals surface area contributed by atoms with Crippen molar-refractivity contribution in [2.45, 2.75) is 26.0 Å². The van der Waals surface area contributed by atoms with Gasteiger partial charge in [-0.2, -0.15) is 11.8 Å². The van der Waals surface area contributed by atoms with Crippen molar-refractivity contribution in [3.05, 3.63) is 12.2 Å². The number of hydrogen-bond donors (Lipinski definition) is 1. The molecule has 66 valence electrons. The standard InChI is InChI=1S/C7H12OS.C2H6/c1-5-4-9-7(3-8)6(5)2;1-2/h5,7-8H,2-4H2,1H3;1-2H3. The SMILES string of the molecule is C=C1C(C)CSC1CO.CC. The lowest BCUT2D eigenvalue weighted by molar-refractivity contribution is 0.303. The molecule has 0 aliphatic carbocycles. The van der Waals surface area contributed by atoms with E-state index in [1.54, 1.807) is 0 Å². The van der Waals surface area contributed by atoms with Crippen LogP contribution in [0.15, 0.2) is 12.2 Å². The first-order valence-electron chi connectivity index (χ1n) is 4.17. The predicted molar refractivity (Wildman–Crippen MR) is 53.0 cm³/mol. The average Bonchev–Trinajstić information content (AvgIpc) is 2.37. The van der Waals surface area contributed by atoms with Crippen LogP contribution in [0, 0.1) is 5.92 Å². The summed E-state index contributed by atoms with van der Waals surface area (Å²) in [5.74, 6) is 1.73. The molecule has 2 unspecified atom stereocenters. The van der Waals surface area contributed by atoms with E-state index in [1.807, 2.05) is 25.6 Å². The average molecular weight is 174 g/mol. The van der Waals surface area contributed by atoms with Gasteiger partial charge in [0.25, 0.3) is 0 Å². The van der Waals surface area contributed by atoms with E-state index in [2.05, 4.69) is 13.5 Å². The summed E-state index contributed by atoms with van der Waals surface area (Å²) in [5, 5.41) is 9.09. The summed E-state index contributed by atoms with van der Waals surface area (Å²) in [6.45, 7) is 10.3. The summed E-state index contributed by atoms with van der Waals surface area (Å²) in [7, 11) is 0. The zero-order chi connectivity index (χ0) is 8.85. The fourth-order valence-electron chi connectivity index (χ4n) is 0.962. The van der Waals surface area contributed by atoms with Gasteiger partial charge in [0.1, 0.15) is 0 Å². The Labute approximate surface area is 73.9 Å². The van der Waals surface area contributed by atoms with Gasteiger partial charge >= 0.3 is 0 Å². The van der Waals surface area contributed by atoms with E-state index in [9.17, 15) is 0 Å². The molecule has 1 aliphatic heterocycles. The van der Waals surface area contributed by atoms with Gasteiger partial charge in [0, 0.05) is 11.0 Å². The number of aliphatic hydroxyl groups is 1. The summed E-state index contributed by atoms with van der Waals surface area (Å²) in [6, 6.07) is 0. The number of hydrogen-bond acceptors (Lipinski definition) is 2. The quantitative estimate of drug-likeness (QED) is 0.616. The maximum atomic E-state index is 8.77. The van der Waals surface area contributed by atoms with Crippen LogP contribution in [0.4, 0.5) is 0 Å². The number of thioether (sulfide) groups is 1. The van der Waals surface area contributed by atoms with Crippen LogP contribution in [-0.2, 0) is 0 Å². The lowest BCUT2D eigenvalue weighted by Crippen LogP contribution is -2.07. The van der Waals surface area contributed by atoms with Gasteiger partial charge in [0.05, 0.1) is 6.61 Å². The molecule has 0 aromatic heterocycles. The van der Waals surface area contributed by atoms with Gasteiger partial charge in [-0.1, -0.05) is 32.9 Å². The topological polar surface area (TPSA) is 20.2 Å². The highest BCUT2D eigenvalue weighted by atomic mass is 32.2. The number of aliphatic hydroxyl groups excluding tert-OH is 1. The van der Waals surface area contributed by atoms with Crippen LogP contribution in [-0.4, -0.2) is 22.7 Å². The molecule has 1 aliphatic rings. The molecule has 1 nitrogen and oxygen atoms in total. The Morgan fingerprint density at radius 2 is 2.18 bits per heavy atom. The molecule has 0 radical (unpaired) electrons. The predicted octanol–water partition coefficient (Wildman–Crippen LogP) is 2.31. The minimum absolute atomic E-state index is 0.258. The first-order chi connectivity index (χ1) is 5.25. The maximum Gasteiger partial charge on any atom is 0.0587 e. The minimum atomic E-state index is 0.258. The van der Waals surface area contributed by atoms with E-state index in [0.717, 1.165) is 5.75 Å². The molecule has 0 amide bonds. The molecular weight excluding hydrogens is 156 g/mol. The zero-order valence-electron chi connectivity index (χ0n) is 7.63. The highest BCUT2D eigenvalue weighted by molar-refractivity contribution is 8.00. The van der Waals surface area contributed by atoms with E-state index >= 15 is 0 Å². The van der Waals surface area contributed by atoms with Crippen LogP contribution in [0.5, 0.6) is 0 Å². The van der Waals surface area contributed by atoms with Gasteiger partial charge in [-0.05, 0) is 5.92 Å². The molecule has 2 atom stereocenters. The van der Waals surface area contributed by atoms with Crippen LogP contribution in [0.25, 0.3) is 0 Å². The van der Waals surface area contributed by atoms with E-state index in [1.165, 1.54) is 5.57 Å². The van der Waals surface area contributed by atoms with Crippen molar-refractivity contribution in [3.8, 4) is 0 Å². The van der Waals surface area contributed by atoms with E-state index in [4.69, 9.17) is 5.11 Å². The lowest BCUT2D eigenvalue weighted by Gasteiger charge is -2.06. The maximum absolute atomic E-state index is 8.77. The Balaban J connectivity index is 0.000000461. The van der Waals surface area contributed by atoms with Crippen molar-refractivity contribution < 1.29 is 5.11 Å². The Bertz CT molecular complexity index is 123. The van der Waals surface area contributed by atoms with Crippen molar-refractivity contribution in [2.24, 2.45) is 5.92 Å². The smallest absolute Gasteiger partial charge is 0.0587 e. The second-order valence-electron chi connectivity index (χ2n) is 2.48. The van der Waals surface area contributed by atoms with Crippen LogP contribution in [0.3, 0.4) is 0 Å². The molecule has 0 aromatic rings. The minimum Gasteiger partial charge on any atom is -0.395 e. The Kier molecular flexibility index (Phi) is 5.69. The van der Waals surface area contributed by atoms with Gasteiger partial charge in [-0.3, -0.25) is 0 Å². The van der Waals surface area contributed by atoms with E-state index in [-0.39, 0.29) is 6.61 Å². The highest BCUT2D eigenvalue weighted by Crippen LogP contribution is 2.34. The highest BCUT2D eigenvalue weighted by Gasteiger charge is 2.24. The van der Waals surface area contributed by atoms with Crippen molar-refractivity contribution in [2.75, 3.05) is 12.4 Å². The van der Waals surface area contributed by atoms with Gasteiger partial charge in [-0.15, -0.1) is 0 Å². The molecule has 11 heavy (non-hydrogen) atoms. The first-order valence-corrected chi connectivity index (χ1v) is 5.21. The first kappa shape index (κ1) is 11.1. The Morgan fingerprint density at radius 1 is 1.64 bits per heavy atom. The molecular formula is C9H18OS. The third-order valence-electron chi connectivity index (χ3n) is 1.76. The molecule has 0 saturated carbocycles. The van der Waals surface area contributed by atoms with Crippen molar-refractivity contribution in [3.63, 3.8) is 0 Å². The molecule has 0 aromatic carbocycles. The van der Waals surface area contributed by atoms with Crippen LogP contribution < -0.4 is 0 Å². The summed E-state index contributed by atoms with van der Waals surface area (Å²) in [6.07, 6.45) is 0. The molecule has 2 heteroatoms. The summed E-state index contributed by atoms with van der Waals surface area (Å²) < 4.78 is 0. The molecule has 1 saturated heterocycles. The molecule has 1 N–H and O–H groups in total. The molecule has 1 fully saturated rings. The third kappa shape index (κ3) is 2.88. The summed E-state index contributed by atoms with van der Waals surface area (Å²) >= 11 is 1.81. The van der Waals surface area contributed by atoms with E-state index < -0.39 is 0 Å².